The van der Waals surface area contributed by atoms with Crippen LogP contribution in [0.3, 0.4) is 0 Å². The highest BCUT2D eigenvalue weighted by atomic mass is 19.4. The van der Waals surface area contributed by atoms with Crippen molar-refractivity contribution in [3.8, 4) is 0 Å². The van der Waals surface area contributed by atoms with E-state index in [1.807, 2.05) is 0 Å². The maximum atomic E-state index is 11.9. The number of alkyl halides is 3. The lowest BCUT2D eigenvalue weighted by molar-refractivity contribution is -0.372. The van der Waals surface area contributed by atoms with Crippen LogP contribution in [0.4, 0.5) is 13.2 Å². The smallest absolute Gasteiger partial charge is 0.358 e. The molecule has 0 aliphatic carbocycles. The van der Waals surface area contributed by atoms with Crippen molar-refractivity contribution in [2.24, 2.45) is 11.8 Å². The fraction of sp³-hybridized carbons (Fsp3) is 1.00. The van der Waals surface area contributed by atoms with Crippen LogP contribution in [0, 0.1) is 11.8 Å². The fourth-order valence-corrected chi connectivity index (χ4v) is 0.723. The van der Waals surface area contributed by atoms with Crippen LogP contribution in [0.5, 0.6) is 0 Å². The Morgan fingerprint density at radius 1 is 1.00 bits per heavy atom. The van der Waals surface area contributed by atoms with E-state index in [1.54, 1.807) is 0 Å². The van der Waals surface area contributed by atoms with Crippen LogP contribution in [0.1, 0.15) is 20.8 Å². The summed E-state index contributed by atoms with van der Waals surface area (Å²) in [5, 5.41) is 17.4. The van der Waals surface area contributed by atoms with Gasteiger partial charge >= 0.3 is 6.18 Å². The average molecular weight is 186 g/mol. The maximum absolute atomic E-state index is 11.9. The van der Waals surface area contributed by atoms with Crippen LogP contribution in [0.2, 0.25) is 0 Å². The lowest BCUT2D eigenvalue weighted by atomic mass is 9.89. The number of rotatable bonds is 2. The summed E-state index contributed by atoms with van der Waals surface area (Å²) in [5.74, 6) is -5.26. The van der Waals surface area contributed by atoms with Gasteiger partial charge in [-0.25, -0.2) is 0 Å². The standard InChI is InChI=1S/C7H13F3O2/c1-4(2)5(3)6(11,12)7(8,9)10/h4-5,11-12H,1-3H3. The third-order valence-corrected chi connectivity index (χ3v) is 2.05. The second-order valence-corrected chi connectivity index (χ2v) is 3.26. The fourth-order valence-electron chi connectivity index (χ4n) is 0.723. The Hall–Kier alpha value is -0.290. The Labute approximate surface area is 69.0 Å². The molecule has 0 spiro atoms. The molecule has 0 rings (SSSR count). The molecule has 0 amide bonds. The third kappa shape index (κ3) is 2.10. The van der Waals surface area contributed by atoms with E-state index in [-0.39, 0.29) is 0 Å². The molecule has 0 fully saturated rings. The van der Waals surface area contributed by atoms with Gasteiger partial charge in [0.15, 0.2) is 0 Å². The van der Waals surface area contributed by atoms with E-state index >= 15 is 0 Å². The second kappa shape index (κ2) is 3.22. The third-order valence-electron chi connectivity index (χ3n) is 2.05. The lowest BCUT2D eigenvalue weighted by Gasteiger charge is -2.32. The molecule has 0 aromatic rings. The Balaban J connectivity index is 4.61. The summed E-state index contributed by atoms with van der Waals surface area (Å²) in [5.41, 5.74) is 0. The summed E-state index contributed by atoms with van der Waals surface area (Å²) in [6, 6.07) is 0. The van der Waals surface area contributed by atoms with Crippen LogP contribution in [-0.2, 0) is 0 Å². The number of aliphatic hydroxyl groups is 2. The number of hydrogen-bond donors (Lipinski definition) is 2. The molecule has 0 saturated carbocycles. The predicted octanol–water partition coefficient (Wildman–Crippen LogP) is 1.52. The van der Waals surface area contributed by atoms with Crippen molar-refractivity contribution in [2.45, 2.75) is 32.7 Å². The molecule has 0 radical (unpaired) electrons. The Kier molecular flexibility index (Phi) is 3.14. The first-order valence-electron chi connectivity index (χ1n) is 3.62. The zero-order chi connectivity index (χ0) is 10.2. The molecule has 5 heteroatoms. The number of hydrogen-bond acceptors (Lipinski definition) is 2. The summed E-state index contributed by atoms with van der Waals surface area (Å²) in [7, 11) is 0. The van der Waals surface area contributed by atoms with Gasteiger partial charge in [0.25, 0.3) is 5.79 Å². The maximum Gasteiger partial charge on any atom is 0.443 e. The first-order chi connectivity index (χ1) is 5.10. The van der Waals surface area contributed by atoms with Crippen LogP contribution in [0.15, 0.2) is 0 Å². The molecular formula is C7H13F3O2. The van der Waals surface area contributed by atoms with Gasteiger partial charge in [0, 0.05) is 5.92 Å². The summed E-state index contributed by atoms with van der Waals surface area (Å²) in [6.45, 7) is 4.15. The van der Waals surface area contributed by atoms with Gasteiger partial charge in [0.1, 0.15) is 0 Å². The molecule has 0 saturated heterocycles. The van der Waals surface area contributed by atoms with Crippen molar-refractivity contribution in [1.82, 2.24) is 0 Å². The van der Waals surface area contributed by atoms with Crippen LogP contribution < -0.4 is 0 Å². The highest BCUT2D eigenvalue weighted by Gasteiger charge is 2.56. The average Bonchev–Trinajstić information content (AvgIpc) is 1.83. The molecule has 12 heavy (non-hydrogen) atoms. The summed E-state index contributed by atoms with van der Waals surface area (Å²) < 4.78 is 35.8. The van der Waals surface area contributed by atoms with Gasteiger partial charge in [-0.3, -0.25) is 0 Å². The molecule has 0 aromatic carbocycles. The van der Waals surface area contributed by atoms with Crippen LogP contribution in [-0.4, -0.2) is 22.2 Å². The molecule has 1 atom stereocenters. The summed E-state index contributed by atoms with van der Waals surface area (Å²) in [6.07, 6.45) is -4.99. The molecule has 0 heterocycles. The van der Waals surface area contributed by atoms with Crippen molar-refractivity contribution in [2.75, 3.05) is 0 Å². The Bertz CT molecular complexity index is 151. The molecule has 1 unspecified atom stereocenters. The van der Waals surface area contributed by atoms with Crippen molar-refractivity contribution >= 4 is 0 Å². The van der Waals surface area contributed by atoms with Crippen LogP contribution >= 0.6 is 0 Å². The molecule has 2 N–H and O–H groups in total. The monoisotopic (exact) mass is 186 g/mol. The Morgan fingerprint density at radius 2 is 1.33 bits per heavy atom. The van der Waals surface area contributed by atoms with Gasteiger partial charge in [-0.05, 0) is 5.92 Å². The Morgan fingerprint density at radius 3 is 1.42 bits per heavy atom. The molecule has 2 nitrogen and oxygen atoms in total. The van der Waals surface area contributed by atoms with Gasteiger partial charge < -0.3 is 10.2 Å². The van der Waals surface area contributed by atoms with Gasteiger partial charge in [-0.2, -0.15) is 13.2 Å². The quantitative estimate of drug-likeness (QED) is 0.642. The van der Waals surface area contributed by atoms with E-state index in [1.165, 1.54) is 13.8 Å². The van der Waals surface area contributed by atoms with E-state index in [9.17, 15) is 13.2 Å². The molecule has 0 bridgehead atoms. The van der Waals surface area contributed by atoms with Crippen LogP contribution in [0.25, 0.3) is 0 Å². The topological polar surface area (TPSA) is 40.5 Å². The molecule has 0 aromatic heterocycles. The zero-order valence-corrected chi connectivity index (χ0v) is 7.18. The lowest BCUT2D eigenvalue weighted by Crippen LogP contribution is -2.51. The van der Waals surface area contributed by atoms with E-state index in [2.05, 4.69) is 0 Å². The zero-order valence-electron chi connectivity index (χ0n) is 7.18. The van der Waals surface area contributed by atoms with Gasteiger partial charge in [-0.15, -0.1) is 0 Å². The molecule has 0 aliphatic heterocycles. The molecular weight excluding hydrogens is 173 g/mol. The second-order valence-electron chi connectivity index (χ2n) is 3.26. The molecule has 74 valence electrons. The van der Waals surface area contributed by atoms with Gasteiger partial charge in [0.2, 0.25) is 0 Å². The van der Waals surface area contributed by atoms with E-state index < -0.39 is 23.8 Å². The first kappa shape index (κ1) is 11.7. The summed E-state index contributed by atoms with van der Waals surface area (Å²) in [4.78, 5) is 0. The van der Waals surface area contributed by atoms with Crippen molar-refractivity contribution in [1.29, 1.82) is 0 Å². The minimum absolute atomic E-state index is 0.443. The normalized spacial score (nSPS) is 16.8. The SMILES string of the molecule is CC(C)C(C)C(O)(O)C(F)(F)F. The minimum Gasteiger partial charge on any atom is -0.358 e. The van der Waals surface area contributed by atoms with Crippen molar-refractivity contribution in [3.05, 3.63) is 0 Å². The highest BCUT2D eigenvalue weighted by molar-refractivity contribution is 4.81. The highest BCUT2D eigenvalue weighted by Crippen LogP contribution is 2.36. The van der Waals surface area contributed by atoms with Gasteiger partial charge in [0.05, 0.1) is 0 Å². The van der Waals surface area contributed by atoms with E-state index in [0.29, 0.717) is 0 Å². The largest absolute Gasteiger partial charge is 0.443 e. The van der Waals surface area contributed by atoms with Crippen molar-refractivity contribution in [3.63, 3.8) is 0 Å². The predicted molar refractivity (Wildman–Crippen MR) is 37.2 cm³/mol. The number of halogens is 3. The van der Waals surface area contributed by atoms with E-state index in [4.69, 9.17) is 10.2 Å². The minimum atomic E-state index is -4.99. The van der Waals surface area contributed by atoms with Gasteiger partial charge in [-0.1, -0.05) is 20.8 Å². The molecule has 0 aliphatic rings. The van der Waals surface area contributed by atoms with E-state index in [0.717, 1.165) is 6.92 Å². The summed E-state index contributed by atoms with van der Waals surface area (Å²) >= 11 is 0. The first-order valence-corrected chi connectivity index (χ1v) is 3.62. The van der Waals surface area contributed by atoms with Crippen molar-refractivity contribution < 1.29 is 23.4 Å².